The van der Waals surface area contributed by atoms with Crippen molar-refractivity contribution in [3.63, 3.8) is 0 Å². The van der Waals surface area contributed by atoms with Crippen molar-refractivity contribution < 1.29 is 14.4 Å². The van der Waals surface area contributed by atoms with E-state index in [4.69, 9.17) is 0 Å². The Hall–Kier alpha value is -3.93. The second-order valence-electron chi connectivity index (χ2n) is 8.31. The summed E-state index contributed by atoms with van der Waals surface area (Å²) in [5, 5.41) is 9.26. The maximum absolute atomic E-state index is 13.5. The van der Waals surface area contributed by atoms with Gasteiger partial charge in [-0.3, -0.25) is 14.4 Å². The lowest BCUT2D eigenvalue weighted by Crippen LogP contribution is -2.33. The molecule has 3 N–H and O–H groups in total. The van der Waals surface area contributed by atoms with Crippen LogP contribution in [0.3, 0.4) is 0 Å². The lowest BCUT2D eigenvalue weighted by Gasteiger charge is -2.24. The van der Waals surface area contributed by atoms with Crippen LogP contribution >= 0.6 is 0 Å². The van der Waals surface area contributed by atoms with E-state index in [1.54, 1.807) is 36.4 Å². The van der Waals surface area contributed by atoms with Gasteiger partial charge in [-0.25, -0.2) is 0 Å². The van der Waals surface area contributed by atoms with Gasteiger partial charge in [-0.15, -0.1) is 0 Å². The van der Waals surface area contributed by atoms with E-state index < -0.39 is 0 Å². The van der Waals surface area contributed by atoms with Gasteiger partial charge in [0.2, 0.25) is 5.91 Å². The largest absolute Gasteiger partial charge is 0.367 e. The molecule has 33 heavy (non-hydrogen) atoms. The molecule has 1 aliphatic rings. The number of aryl methyl sites for hydroxylation is 1. The first-order chi connectivity index (χ1) is 15.9. The maximum Gasteiger partial charge on any atom is 0.224 e. The fourth-order valence-corrected chi connectivity index (χ4v) is 3.85. The minimum atomic E-state index is -0.219. The van der Waals surface area contributed by atoms with Gasteiger partial charge in [0.05, 0.1) is 23.5 Å². The zero-order chi connectivity index (χ0) is 23.5. The van der Waals surface area contributed by atoms with Crippen LogP contribution in [0, 0.1) is 12.8 Å². The van der Waals surface area contributed by atoms with Crippen molar-refractivity contribution in [2.45, 2.75) is 27.2 Å². The Morgan fingerprint density at radius 2 is 1.42 bits per heavy atom. The molecule has 168 valence electrons. The molecule has 0 saturated heterocycles. The second kappa shape index (κ2) is 9.28. The van der Waals surface area contributed by atoms with Gasteiger partial charge in [-0.2, -0.15) is 0 Å². The highest BCUT2D eigenvalue weighted by Crippen LogP contribution is 2.37. The average molecular weight is 442 g/mol. The second-order valence-corrected chi connectivity index (χ2v) is 8.31. The first-order valence-electron chi connectivity index (χ1n) is 11.1. The SMILES string of the molecule is CCC(C)C(=O)NCNc1ccc(Nc2ccc(C)cc2)c2c1C(=O)c1ccccc1C2=O. The van der Waals surface area contributed by atoms with Crippen molar-refractivity contribution >= 4 is 34.5 Å². The third-order valence-electron chi connectivity index (χ3n) is 6.01. The normalized spacial score (nSPS) is 13.1. The Balaban J connectivity index is 1.72. The number of amides is 1. The number of benzene rings is 3. The summed E-state index contributed by atoms with van der Waals surface area (Å²) in [7, 11) is 0. The zero-order valence-corrected chi connectivity index (χ0v) is 19.0. The summed E-state index contributed by atoms with van der Waals surface area (Å²) in [6, 6.07) is 18.2. The average Bonchev–Trinajstić information content (AvgIpc) is 2.83. The van der Waals surface area contributed by atoms with E-state index >= 15 is 0 Å². The van der Waals surface area contributed by atoms with Gasteiger partial charge in [0.25, 0.3) is 0 Å². The Labute approximate surface area is 193 Å². The van der Waals surface area contributed by atoms with E-state index in [1.807, 2.05) is 45.0 Å². The summed E-state index contributed by atoms with van der Waals surface area (Å²) >= 11 is 0. The maximum atomic E-state index is 13.5. The molecule has 0 saturated carbocycles. The van der Waals surface area contributed by atoms with Crippen LogP contribution in [-0.2, 0) is 4.79 Å². The van der Waals surface area contributed by atoms with E-state index in [9.17, 15) is 14.4 Å². The van der Waals surface area contributed by atoms with Crippen molar-refractivity contribution in [3.05, 3.63) is 88.5 Å². The Morgan fingerprint density at radius 1 is 0.848 bits per heavy atom. The molecule has 0 bridgehead atoms. The third kappa shape index (κ3) is 4.37. The molecule has 6 nitrogen and oxygen atoms in total. The van der Waals surface area contributed by atoms with Crippen LogP contribution in [-0.4, -0.2) is 24.1 Å². The molecule has 3 aromatic rings. The van der Waals surface area contributed by atoms with Gasteiger partial charge in [0.1, 0.15) is 0 Å². The minimum absolute atomic E-state index is 0.0655. The van der Waals surface area contributed by atoms with Gasteiger partial charge in [-0.1, -0.05) is 55.8 Å². The topological polar surface area (TPSA) is 87.3 Å². The summed E-state index contributed by atoms with van der Waals surface area (Å²) < 4.78 is 0. The first-order valence-corrected chi connectivity index (χ1v) is 11.1. The number of ketones is 2. The van der Waals surface area contributed by atoms with Crippen molar-refractivity contribution in [1.82, 2.24) is 5.32 Å². The van der Waals surface area contributed by atoms with Gasteiger partial charge >= 0.3 is 0 Å². The lowest BCUT2D eigenvalue weighted by molar-refractivity contribution is -0.124. The Bertz CT molecular complexity index is 1230. The number of hydrogen-bond acceptors (Lipinski definition) is 5. The fraction of sp³-hybridized carbons (Fsp3) is 0.222. The third-order valence-corrected chi connectivity index (χ3v) is 6.01. The molecule has 0 radical (unpaired) electrons. The molecule has 1 unspecified atom stereocenters. The van der Waals surface area contributed by atoms with E-state index in [1.165, 1.54) is 0 Å². The first kappa shape index (κ1) is 22.3. The molecule has 6 heteroatoms. The number of nitrogens with one attached hydrogen (secondary N) is 3. The van der Waals surface area contributed by atoms with E-state index in [2.05, 4.69) is 16.0 Å². The molecule has 0 fully saturated rings. The van der Waals surface area contributed by atoms with Crippen LogP contribution in [0.1, 0.15) is 57.7 Å². The number of rotatable bonds is 7. The quantitative estimate of drug-likeness (QED) is 0.350. The molecular weight excluding hydrogens is 414 g/mol. The predicted molar refractivity (Wildman–Crippen MR) is 130 cm³/mol. The highest BCUT2D eigenvalue weighted by Gasteiger charge is 2.33. The van der Waals surface area contributed by atoms with Crippen LogP contribution in [0.15, 0.2) is 60.7 Å². The Morgan fingerprint density at radius 3 is 2.03 bits per heavy atom. The van der Waals surface area contributed by atoms with Gasteiger partial charge in [0.15, 0.2) is 11.6 Å². The predicted octanol–water partition coefficient (Wildman–Crippen LogP) is 5.05. The molecular formula is C27H27N3O3. The number of anilines is 3. The van der Waals surface area contributed by atoms with Crippen molar-refractivity contribution in [2.75, 3.05) is 17.3 Å². The summed E-state index contributed by atoms with van der Waals surface area (Å²) in [6.07, 6.45) is 0.740. The molecule has 1 amide bonds. The van der Waals surface area contributed by atoms with Crippen LogP contribution in [0.2, 0.25) is 0 Å². The molecule has 1 atom stereocenters. The number of hydrogen-bond donors (Lipinski definition) is 3. The smallest absolute Gasteiger partial charge is 0.224 e. The molecule has 4 rings (SSSR count). The van der Waals surface area contributed by atoms with Crippen LogP contribution in [0.25, 0.3) is 0 Å². The minimum Gasteiger partial charge on any atom is -0.367 e. The lowest BCUT2D eigenvalue weighted by atomic mass is 9.82. The van der Waals surface area contributed by atoms with Crippen LogP contribution < -0.4 is 16.0 Å². The number of carbonyl (C=O) groups excluding carboxylic acids is 3. The van der Waals surface area contributed by atoms with Crippen molar-refractivity contribution in [1.29, 1.82) is 0 Å². The van der Waals surface area contributed by atoms with Crippen molar-refractivity contribution in [2.24, 2.45) is 5.92 Å². The molecule has 0 aromatic heterocycles. The van der Waals surface area contributed by atoms with Gasteiger partial charge in [-0.05, 0) is 37.6 Å². The summed E-state index contributed by atoms with van der Waals surface area (Å²) in [6.45, 7) is 5.98. The fourth-order valence-electron chi connectivity index (χ4n) is 3.85. The number of fused-ring (bicyclic) bond motifs is 2. The molecule has 0 spiro atoms. The van der Waals surface area contributed by atoms with Crippen LogP contribution in [0.4, 0.5) is 17.1 Å². The summed E-state index contributed by atoms with van der Waals surface area (Å²) in [5.41, 5.74) is 4.45. The summed E-state index contributed by atoms with van der Waals surface area (Å²) in [5.74, 6) is -0.591. The van der Waals surface area contributed by atoms with E-state index in [0.29, 0.717) is 33.6 Å². The molecule has 0 aliphatic heterocycles. The van der Waals surface area contributed by atoms with Gasteiger partial charge < -0.3 is 16.0 Å². The molecule has 0 heterocycles. The number of carbonyl (C=O) groups is 3. The van der Waals surface area contributed by atoms with Crippen LogP contribution in [0.5, 0.6) is 0 Å². The van der Waals surface area contributed by atoms with E-state index in [-0.39, 0.29) is 30.1 Å². The summed E-state index contributed by atoms with van der Waals surface area (Å²) in [4.78, 5) is 39.1. The Kier molecular flexibility index (Phi) is 6.27. The standard InChI is InChI=1S/C27H27N3O3/c1-4-17(3)27(33)29-15-28-21-13-14-22(30-18-11-9-16(2)10-12-18)24-23(21)25(31)19-7-5-6-8-20(19)26(24)32/h5-14,17,28,30H,4,15H2,1-3H3,(H,29,33). The highest BCUT2D eigenvalue weighted by atomic mass is 16.2. The monoisotopic (exact) mass is 441 g/mol. The van der Waals surface area contributed by atoms with Gasteiger partial charge in [0, 0.05) is 28.4 Å². The highest BCUT2D eigenvalue weighted by molar-refractivity contribution is 6.32. The molecule has 3 aromatic carbocycles. The molecule has 1 aliphatic carbocycles. The van der Waals surface area contributed by atoms with E-state index in [0.717, 1.165) is 17.7 Å². The zero-order valence-electron chi connectivity index (χ0n) is 19.0. The van der Waals surface area contributed by atoms with Crippen molar-refractivity contribution in [3.8, 4) is 0 Å².